The highest BCUT2D eigenvalue weighted by atomic mass is 32.2. The van der Waals surface area contributed by atoms with Gasteiger partial charge in [-0.05, 0) is 39.3 Å². The average Bonchev–Trinajstić information content (AvgIpc) is 2.25. The maximum atomic E-state index is 11.5. The number of thioether (sulfide) groups is 1. The van der Waals surface area contributed by atoms with Gasteiger partial charge >= 0.3 is 0 Å². The zero-order chi connectivity index (χ0) is 12.6. The number of rotatable bonds is 8. The second-order valence-corrected chi connectivity index (χ2v) is 5.24. The van der Waals surface area contributed by atoms with Crippen LogP contribution in [0, 0.1) is 0 Å². The molecule has 0 aromatic carbocycles. The van der Waals surface area contributed by atoms with Gasteiger partial charge in [-0.1, -0.05) is 0 Å². The number of hydrogen-bond donors (Lipinski definition) is 2. The molecule has 0 rings (SSSR count). The normalized spacial score (nSPS) is 13.2. The van der Waals surface area contributed by atoms with Gasteiger partial charge in [-0.15, -0.1) is 0 Å². The molecule has 16 heavy (non-hydrogen) atoms. The van der Waals surface area contributed by atoms with E-state index >= 15 is 0 Å². The molecule has 4 nitrogen and oxygen atoms in total. The fraction of sp³-hybridized carbons (Fsp3) is 0.909. The van der Waals surface area contributed by atoms with Gasteiger partial charge in [0.15, 0.2) is 0 Å². The lowest BCUT2D eigenvalue weighted by molar-refractivity contribution is -0.122. The topological polar surface area (TPSA) is 58.4 Å². The summed E-state index contributed by atoms with van der Waals surface area (Å²) in [6.45, 7) is 5.79. The van der Waals surface area contributed by atoms with Crippen LogP contribution in [0.2, 0.25) is 0 Å². The molecule has 1 amide bonds. The van der Waals surface area contributed by atoms with Gasteiger partial charge in [0.1, 0.15) is 0 Å². The molecule has 0 saturated heterocycles. The molecule has 0 saturated carbocycles. The van der Waals surface area contributed by atoms with Crippen LogP contribution in [-0.2, 0) is 4.79 Å². The van der Waals surface area contributed by atoms with Crippen LogP contribution in [0.3, 0.4) is 0 Å². The predicted molar refractivity (Wildman–Crippen MR) is 71.8 cm³/mol. The van der Waals surface area contributed by atoms with Crippen LogP contribution in [0.1, 0.15) is 20.3 Å². The minimum absolute atomic E-state index is 0.0359. The minimum atomic E-state index is -0.364. The Morgan fingerprint density at radius 1 is 1.50 bits per heavy atom. The number of amides is 1. The van der Waals surface area contributed by atoms with Gasteiger partial charge in [0.05, 0.1) is 6.04 Å². The zero-order valence-corrected chi connectivity index (χ0v) is 11.6. The van der Waals surface area contributed by atoms with Gasteiger partial charge in [0.25, 0.3) is 0 Å². The maximum Gasteiger partial charge on any atom is 0.236 e. The van der Waals surface area contributed by atoms with E-state index in [9.17, 15) is 4.79 Å². The lowest BCUT2D eigenvalue weighted by Crippen LogP contribution is -2.44. The van der Waals surface area contributed by atoms with Crippen molar-refractivity contribution in [1.82, 2.24) is 10.2 Å². The van der Waals surface area contributed by atoms with Crippen LogP contribution in [0.25, 0.3) is 0 Å². The lowest BCUT2D eigenvalue weighted by Gasteiger charge is -2.21. The molecule has 0 bridgehead atoms. The summed E-state index contributed by atoms with van der Waals surface area (Å²) >= 11 is 1.71. The van der Waals surface area contributed by atoms with Crippen LogP contribution < -0.4 is 11.1 Å². The SMILES string of the molecule is CSCC[C@@H](N)C(=O)NCCN(C)C(C)C. The third-order valence-electron chi connectivity index (χ3n) is 2.62. The molecular weight excluding hydrogens is 222 g/mol. The van der Waals surface area contributed by atoms with E-state index in [1.807, 2.05) is 13.3 Å². The van der Waals surface area contributed by atoms with Crippen molar-refractivity contribution in [2.24, 2.45) is 5.73 Å². The van der Waals surface area contributed by atoms with Crippen molar-refractivity contribution in [3.05, 3.63) is 0 Å². The molecular formula is C11H25N3OS. The van der Waals surface area contributed by atoms with Crippen molar-refractivity contribution in [2.45, 2.75) is 32.4 Å². The Morgan fingerprint density at radius 3 is 2.62 bits per heavy atom. The molecule has 5 heteroatoms. The largest absolute Gasteiger partial charge is 0.353 e. The van der Waals surface area contributed by atoms with Gasteiger partial charge in [-0.2, -0.15) is 11.8 Å². The fourth-order valence-corrected chi connectivity index (χ4v) is 1.61. The summed E-state index contributed by atoms with van der Waals surface area (Å²) in [6, 6.07) is 0.138. The first-order valence-corrected chi connectivity index (χ1v) is 7.11. The maximum absolute atomic E-state index is 11.5. The quantitative estimate of drug-likeness (QED) is 0.657. The monoisotopic (exact) mass is 247 g/mol. The molecule has 0 aliphatic rings. The molecule has 0 radical (unpaired) electrons. The molecule has 0 heterocycles. The summed E-state index contributed by atoms with van der Waals surface area (Å²) in [5.74, 6) is 0.895. The van der Waals surface area contributed by atoms with Crippen molar-refractivity contribution >= 4 is 17.7 Å². The smallest absolute Gasteiger partial charge is 0.236 e. The highest BCUT2D eigenvalue weighted by molar-refractivity contribution is 7.98. The predicted octanol–water partition coefficient (Wildman–Crippen LogP) is 0.523. The fourth-order valence-electron chi connectivity index (χ4n) is 1.12. The standard InChI is InChI=1S/C11H25N3OS/c1-9(2)14(3)7-6-13-11(15)10(12)5-8-16-4/h9-10H,5-8,12H2,1-4H3,(H,13,15)/t10-/m1/s1. The second-order valence-electron chi connectivity index (χ2n) is 4.25. The van der Waals surface area contributed by atoms with Gasteiger partial charge in [0, 0.05) is 19.1 Å². The number of likely N-dealkylation sites (N-methyl/N-ethyl adjacent to an activating group) is 1. The van der Waals surface area contributed by atoms with Crippen LogP contribution in [0.15, 0.2) is 0 Å². The number of hydrogen-bond acceptors (Lipinski definition) is 4. The summed E-state index contributed by atoms with van der Waals surface area (Å²) in [5, 5.41) is 2.86. The summed E-state index contributed by atoms with van der Waals surface area (Å²) in [6.07, 6.45) is 2.76. The molecule has 0 spiro atoms. The Labute approximate surface area is 103 Å². The third kappa shape index (κ3) is 7.09. The number of nitrogens with two attached hydrogens (primary N) is 1. The first kappa shape index (κ1) is 15.7. The highest BCUT2D eigenvalue weighted by Gasteiger charge is 2.12. The van der Waals surface area contributed by atoms with E-state index in [2.05, 4.69) is 24.1 Å². The lowest BCUT2D eigenvalue weighted by atomic mass is 10.2. The van der Waals surface area contributed by atoms with E-state index in [4.69, 9.17) is 5.73 Å². The van der Waals surface area contributed by atoms with Gasteiger partial charge in [-0.25, -0.2) is 0 Å². The van der Waals surface area contributed by atoms with Gasteiger partial charge in [0.2, 0.25) is 5.91 Å². The molecule has 0 fully saturated rings. The van der Waals surface area contributed by atoms with E-state index in [-0.39, 0.29) is 11.9 Å². The molecule has 0 aromatic heterocycles. The second kappa shape index (κ2) is 8.84. The van der Waals surface area contributed by atoms with Crippen LogP contribution in [-0.4, -0.2) is 55.0 Å². The summed E-state index contributed by atoms with van der Waals surface area (Å²) < 4.78 is 0. The van der Waals surface area contributed by atoms with E-state index in [1.54, 1.807) is 11.8 Å². The molecule has 0 unspecified atom stereocenters. The van der Waals surface area contributed by atoms with E-state index in [0.717, 1.165) is 18.7 Å². The molecule has 96 valence electrons. The molecule has 0 aliphatic heterocycles. The van der Waals surface area contributed by atoms with Crippen molar-refractivity contribution in [1.29, 1.82) is 0 Å². The zero-order valence-electron chi connectivity index (χ0n) is 10.8. The van der Waals surface area contributed by atoms with E-state index in [0.29, 0.717) is 12.6 Å². The number of nitrogens with zero attached hydrogens (tertiary/aromatic N) is 1. The summed E-state index contributed by atoms with van der Waals surface area (Å²) in [5.41, 5.74) is 5.74. The van der Waals surface area contributed by atoms with Crippen molar-refractivity contribution in [3.8, 4) is 0 Å². The number of carbonyl (C=O) groups is 1. The van der Waals surface area contributed by atoms with Crippen LogP contribution in [0.5, 0.6) is 0 Å². The number of carbonyl (C=O) groups excluding carboxylic acids is 1. The Kier molecular flexibility index (Phi) is 8.70. The van der Waals surface area contributed by atoms with Gasteiger partial charge in [-0.3, -0.25) is 4.79 Å². The van der Waals surface area contributed by atoms with Crippen molar-refractivity contribution < 1.29 is 4.79 Å². The minimum Gasteiger partial charge on any atom is -0.353 e. The van der Waals surface area contributed by atoms with Gasteiger partial charge < -0.3 is 16.0 Å². The van der Waals surface area contributed by atoms with E-state index in [1.165, 1.54) is 0 Å². The van der Waals surface area contributed by atoms with E-state index < -0.39 is 0 Å². The average molecular weight is 247 g/mol. The Bertz CT molecular complexity index is 200. The Hall–Kier alpha value is -0.260. The number of nitrogens with one attached hydrogen (secondary N) is 1. The van der Waals surface area contributed by atoms with Crippen LogP contribution in [0.4, 0.5) is 0 Å². The van der Waals surface area contributed by atoms with Crippen LogP contribution >= 0.6 is 11.8 Å². The first-order valence-electron chi connectivity index (χ1n) is 5.71. The third-order valence-corrected chi connectivity index (χ3v) is 3.26. The molecule has 0 aliphatic carbocycles. The summed E-state index contributed by atoms with van der Waals surface area (Å²) in [7, 11) is 2.05. The molecule has 0 aromatic rings. The summed E-state index contributed by atoms with van der Waals surface area (Å²) in [4.78, 5) is 13.7. The van der Waals surface area contributed by atoms with Crippen molar-refractivity contribution in [3.63, 3.8) is 0 Å². The van der Waals surface area contributed by atoms with Crippen molar-refractivity contribution in [2.75, 3.05) is 32.1 Å². The Balaban J connectivity index is 3.64. The highest BCUT2D eigenvalue weighted by Crippen LogP contribution is 1.98. The first-order chi connectivity index (χ1) is 7.49. The Morgan fingerprint density at radius 2 is 2.12 bits per heavy atom. The molecule has 3 N–H and O–H groups in total. The molecule has 1 atom stereocenters.